The maximum absolute atomic E-state index is 14.5. The van der Waals surface area contributed by atoms with Gasteiger partial charge >= 0.3 is 0 Å². The van der Waals surface area contributed by atoms with Gasteiger partial charge in [0, 0.05) is 24.8 Å². The molecule has 0 radical (unpaired) electrons. The number of anilines is 1. The summed E-state index contributed by atoms with van der Waals surface area (Å²) in [4.78, 5) is 31.1. The molecule has 4 aromatic rings. The molecule has 3 aromatic carbocycles. The van der Waals surface area contributed by atoms with Crippen LogP contribution < -0.4 is 16.0 Å². The summed E-state index contributed by atoms with van der Waals surface area (Å²) in [5, 5.41) is 9.27. The summed E-state index contributed by atoms with van der Waals surface area (Å²) in [5.41, 5.74) is 3.07. The van der Waals surface area contributed by atoms with Crippen molar-refractivity contribution in [2.24, 2.45) is 0 Å². The second kappa shape index (κ2) is 12.2. The minimum Gasteiger partial charge on any atom is -0.350 e. The van der Waals surface area contributed by atoms with E-state index in [1.54, 1.807) is 24.6 Å². The van der Waals surface area contributed by atoms with Crippen LogP contribution in [0.3, 0.4) is 0 Å². The zero-order chi connectivity index (χ0) is 29.9. The van der Waals surface area contributed by atoms with E-state index in [2.05, 4.69) is 20.9 Å². The fourth-order valence-corrected chi connectivity index (χ4v) is 5.34. The largest absolute Gasteiger partial charge is 0.350 e. The number of aryl methyl sites for hydroxylation is 2. The van der Waals surface area contributed by atoms with Crippen molar-refractivity contribution >= 4 is 17.6 Å². The molecule has 0 fully saturated rings. The second-order valence-electron chi connectivity index (χ2n) is 11.3. The fraction of sp³-hybridized carbons (Fsp3) is 0.303. The zero-order valence-electron chi connectivity index (χ0n) is 24.0. The summed E-state index contributed by atoms with van der Waals surface area (Å²) >= 11 is 0. The number of halogens is 2. The maximum atomic E-state index is 14.5. The molecular weight excluding hydrogens is 536 g/mol. The van der Waals surface area contributed by atoms with Gasteiger partial charge in [-0.1, -0.05) is 54.6 Å². The zero-order valence-corrected chi connectivity index (χ0v) is 24.0. The molecule has 5 rings (SSSR count). The van der Waals surface area contributed by atoms with Gasteiger partial charge in [0.15, 0.2) is 5.82 Å². The Balaban J connectivity index is 1.28. The molecule has 0 saturated heterocycles. The van der Waals surface area contributed by atoms with Crippen molar-refractivity contribution in [3.63, 3.8) is 0 Å². The van der Waals surface area contributed by atoms with Gasteiger partial charge in [-0.05, 0) is 73.9 Å². The Morgan fingerprint density at radius 1 is 1.07 bits per heavy atom. The van der Waals surface area contributed by atoms with E-state index in [-0.39, 0.29) is 17.9 Å². The third-order valence-electron chi connectivity index (χ3n) is 8.00. The molecule has 2 amide bonds. The molecule has 3 N–H and O–H groups in total. The Bertz CT molecular complexity index is 1580. The Labute approximate surface area is 244 Å². The van der Waals surface area contributed by atoms with Gasteiger partial charge in [0.05, 0.1) is 6.33 Å². The van der Waals surface area contributed by atoms with Crippen molar-refractivity contribution in [3.8, 4) is 0 Å². The molecule has 1 aromatic heterocycles. The quantitative estimate of drug-likeness (QED) is 0.253. The lowest BCUT2D eigenvalue weighted by molar-refractivity contribution is -0.128. The Hall–Kier alpha value is -4.37. The first-order valence-electron chi connectivity index (χ1n) is 14.1. The van der Waals surface area contributed by atoms with Crippen LogP contribution in [0.1, 0.15) is 54.1 Å². The van der Waals surface area contributed by atoms with E-state index in [0.717, 1.165) is 22.8 Å². The average Bonchev–Trinajstić information content (AvgIpc) is 3.45. The van der Waals surface area contributed by atoms with Crippen LogP contribution in [0.5, 0.6) is 0 Å². The van der Waals surface area contributed by atoms with Crippen LogP contribution in [0.4, 0.5) is 14.6 Å². The summed E-state index contributed by atoms with van der Waals surface area (Å²) in [6, 6.07) is 18.5. The summed E-state index contributed by atoms with van der Waals surface area (Å²) in [5.74, 6) is -1.36. The number of imidazole rings is 1. The summed E-state index contributed by atoms with van der Waals surface area (Å²) < 4.78 is 29.9. The van der Waals surface area contributed by atoms with Crippen molar-refractivity contribution in [2.45, 2.75) is 64.2 Å². The number of amides is 2. The monoisotopic (exact) mass is 571 g/mol. The van der Waals surface area contributed by atoms with Gasteiger partial charge in [-0.15, -0.1) is 0 Å². The predicted octanol–water partition coefficient (Wildman–Crippen LogP) is 5.35. The molecule has 1 heterocycles. The number of nitrogens with zero attached hydrogens (tertiary/aromatic N) is 2. The Morgan fingerprint density at radius 2 is 1.81 bits per heavy atom. The number of aromatic nitrogens is 2. The Morgan fingerprint density at radius 3 is 2.57 bits per heavy atom. The minimum absolute atomic E-state index is 0.186. The molecule has 218 valence electrons. The topological polar surface area (TPSA) is 88.1 Å². The lowest BCUT2D eigenvalue weighted by Gasteiger charge is -2.30. The molecular formula is C33H35F2N5O2. The van der Waals surface area contributed by atoms with E-state index >= 15 is 0 Å². The van der Waals surface area contributed by atoms with E-state index in [4.69, 9.17) is 0 Å². The minimum atomic E-state index is -0.964. The van der Waals surface area contributed by atoms with Crippen molar-refractivity contribution < 1.29 is 18.4 Å². The van der Waals surface area contributed by atoms with Crippen molar-refractivity contribution in [3.05, 3.63) is 119 Å². The van der Waals surface area contributed by atoms with Crippen molar-refractivity contribution in [2.75, 3.05) is 5.32 Å². The van der Waals surface area contributed by atoms with Gasteiger partial charge in [0.25, 0.3) is 0 Å². The molecule has 7 nitrogen and oxygen atoms in total. The van der Waals surface area contributed by atoms with Crippen LogP contribution in [0, 0.1) is 18.6 Å². The van der Waals surface area contributed by atoms with Gasteiger partial charge < -0.3 is 15.2 Å². The molecule has 0 bridgehead atoms. The highest BCUT2D eigenvalue weighted by molar-refractivity contribution is 5.95. The van der Waals surface area contributed by atoms with E-state index in [0.29, 0.717) is 42.8 Å². The lowest BCUT2D eigenvalue weighted by atomic mass is 9.87. The highest BCUT2D eigenvalue weighted by Crippen LogP contribution is 2.27. The maximum Gasteiger partial charge on any atom is 0.247 e. The summed E-state index contributed by atoms with van der Waals surface area (Å²) in [6.45, 7) is 5.98. The molecule has 1 unspecified atom stereocenters. The van der Waals surface area contributed by atoms with Crippen molar-refractivity contribution in [1.29, 1.82) is 0 Å². The number of hydrogen-bond acceptors (Lipinski definition) is 4. The fourth-order valence-electron chi connectivity index (χ4n) is 5.34. The first-order valence-corrected chi connectivity index (χ1v) is 14.1. The van der Waals surface area contributed by atoms with Crippen LogP contribution in [-0.4, -0.2) is 27.4 Å². The molecule has 0 saturated carbocycles. The molecule has 9 heteroatoms. The molecule has 1 aliphatic rings. The standard InChI is InChI=1S/C33H35F2N5O2/c1-21-9-7-8-12-24(21)18-36-32(42)33(2,3)40-19-29(37-20-40)39-31(41)30(22-10-5-4-6-11-22)38-26-14-13-23-15-25(34)16-28(35)27(23)17-26/h4-12,15-16,19-20,26,30,38H,13-14,17-18H2,1-3H3,(H,36,42)(H,39,41)/t26?,30-/m0/s1. The molecule has 42 heavy (non-hydrogen) atoms. The third-order valence-corrected chi connectivity index (χ3v) is 8.00. The van der Waals surface area contributed by atoms with E-state index in [1.165, 1.54) is 12.4 Å². The van der Waals surface area contributed by atoms with Crippen molar-refractivity contribution in [1.82, 2.24) is 20.2 Å². The highest BCUT2D eigenvalue weighted by atomic mass is 19.1. The average molecular weight is 572 g/mol. The molecule has 2 atom stereocenters. The van der Waals surface area contributed by atoms with Crippen LogP contribution in [0.25, 0.3) is 0 Å². The molecule has 0 spiro atoms. The number of benzene rings is 3. The number of carbonyl (C=O) groups is 2. The molecule has 0 aliphatic heterocycles. The van der Waals surface area contributed by atoms with E-state index in [1.807, 2.05) is 61.5 Å². The van der Waals surface area contributed by atoms with E-state index in [9.17, 15) is 18.4 Å². The summed E-state index contributed by atoms with van der Waals surface area (Å²) in [6.07, 6.45) is 4.64. The van der Waals surface area contributed by atoms with Crippen LogP contribution in [0.2, 0.25) is 0 Å². The SMILES string of the molecule is Cc1ccccc1CNC(=O)C(C)(C)n1cnc(NC(=O)[C@@H](NC2CCc3cc(F)cc(F)c3C2)c2ccccc2)c1. The lowest BCUT2D eigenvalue weighted by Crippen LogP contribution is -2.43. The van der Waals surface area contributed by atoms with Crippen LogP contribution in [0.15, 0.2) is 79.3 Å². The first-order chi connectivity index (χ1) is 20.1. The van der Waals surface area contributed by atoms with Gasteiger partial charge in [-0.3, -0.25) is 14.9 Å². The van der Waals surface area contributed by atoms with Gasteiger partial charge in [0.2, 0.25) is 11.8 Å². The van der Waals surface area contributed by atoms with E-state index < -0.39 is 23.2 Å². The second-order valence-corrected chi connectivity index (χ2v) is 11.3. The van der Waals surface area contributed by atoms with Gasteiger partial charge in [-0.2, -0.15) is 0 Å². The third kappa shape index (κ3) is 6.41. The summed E-state index contributed by atoms with van der Waals surface area (Å²) in [7, 11) is 0. The number of nitrogens with one attached hydrogen (secondary N) is 3. The van der Waals surface area contributed by atoms with Crippen LogP contribution in [-0.2, 0) is 34.5 Å². The smallest absolute Gasteiger partial charge is 0.247 e. The highest BCUT2D eigenvalue weighted by Gasteiger charge is 2.31. The van der Waals surface area contributed by atoms with Crippen LogP contribution >= 0.6 is 0 Å². The number of carbonyl (C=O) groups excluding carboxylic acids is 2. The first kappa shape index (κ1) is 29.1. The Kier molecular flexibility index (Phi) is 8.49. The number of rotatable bonds is 9. The normalized spacial score (nSPS) is 15.5. The molecule has 1 aliphatic carbocycles. The predicted molar refractivity (Wildman–Crippen MR) is 158 cm³/mol. The number of fused-ring (bicyclic) bond motifs is 1. The van der Waals surface area contributed by atoms with Gasteiger partial charge in [-0.25, -0.2) is 13.8 Å². The van der Waals surface area contributed by atoms with Gasteiger partial charge in [0.1, 0.15) is 23.2 Å². The number of hydrogen-bond donors (Lipinski definition) is 3.